The van der Waals surface area contributed by atoms with Crippen LogP contribution in [0.5, 0.6) is 0 Å². The highest BCUT2D eigenvalue weighted by atomic mass is 16.1. The van der Waals surface area contributed by atoms with Gasteiger partial charge in [0.25, 0.3) is 0 Å². The summed E-state index contributed by atoms with van der Waals surface area (Å²) in [5, 5.41) is 17.3. The minimum Gasteiger partial charge on any atom is -0.360 e. The Morgan fingerprint density at radius 3 is 2.74 bits per heavy atom. The van der Waals surface area contributed by atoms with E-state index in [0.717, 1.165) is 87.9 Å². The smallest absolute Gasteiger partial charge is 0.227 e. The average molecular weight is 573 g/mol. The lowest BCUT2D eigenvalue weighted by Gasteiger charge is -2.29. The summed E-state index contributed by atoms with van der Waals surface area (Å²) in [5.41, 5.74) is 10.5. The van der Waals surface area contributed by atoms with E-state index in [1.165, 1.54) is 0 Å². The number of pyridine rings is 3. The molecule has 8 rings (SSSR count). The van der Waals surface area contributed by atoms with Gasteiger partial charge in [0.2, 0.25) is 5.91 Å². The number of anilines is 3. The Bertz CT molecular complexity index is 1830. The molecule has 0 spiro atoms. The van der Waals surface area contributed by atoms with Crippen molar-refractivity contribution in [3.05, 3.63) is 89.8 Å². The molecule has 0 aromatic carbocycles. The molecule has 4 aromatic rings. The molecule has 1 amide bonds. The standard InChI is InChI=1S/C32H32N10O/c1-17-15-42(16-37-17)31-28-22(7-8-35-31)39-25(11-24(28)33-2)27-21-10-23(36-14-26(21)40-30-29(27)41-30)19-9-20(13-34-12-19)38-32(43)18-5-3-4-6-18/h7-16,18,24,30,33,39-41H,3-6H2,1-2H3,(H,38,43). The van der Waals surface area contributed by atoms with Gasteiger partial charge in [-0.1, -0.05) is 12.8 Å². The van der Waals surface area contributed by atoms with Crippen molar-refractivity contribution in [2.45, 2.75) is 44.8 Å². The van der Waals surface area contributed by atoms with Crippen molar-refractivity contribution in [3.8, 4) is 17.1 Å². The molecule has 4 aromatic heterocycles. The summed E-state index contributed by atoms with van der Waals surface area (Å²) in [4.78, 5) is 31.1. The Labute approximate surface area is 249 Å². The van der Waals surface area contributed by atoms with Crippen molar-refractivity contribution < 1.29 is 4.79 Å². The molecule has 1 aliphatic carbocycles. The number of nitrogens with one attached hydrogen (secondary N) is 5. The lowest BCUT2D eigenvalue weighted by molar-refractivity contribution is -0.119. The average Bonchev–Trinajstić information content (AvgIpc) is 3.37. The number of fused-ring (bicyclic) bond motifs is 3. The van der Waals surface area contributed by atoms with Crippen LogP contribution in [0.15, 0.2) is 73.0 Å². The van der Waals surface area contributed by atoms with Gasteiger partial charge in [-0.3, -0.25) is 19.3 Å². The van der Waals surface area contributed by atoms with E-state index in [4.69, 9.17) is 9.97 Å². The number of likely N-dealkylation sites (N-methyl/N-ethyl adjacent to an activating group) is 1. The molecule has 3 aliphatic heterocycles. The maximum Gasteiger partial charge on any atom is 0.227 e. The third-order valence-electron chi connectivity index (χ3n) is 8.69. The number of rotatable bonds is 6. The molecule has 2 fully saturated rings. The molecule has 2 unspecified atom stereocenters. The Balaban J connectivity index is 1.14. The van der Waals surface area contributed by atoms with Gasteiger partial charge >= 0.3 is 0 Å². The number of hydrogen-bond donors (Lipinski definition) is 5. The highest BCUT2D eigenvalue weighted by Crippen LogP contribution is 2.46. The van der Waals surface area contributed by atoms with Crippen molar-refractivity contribution in [1.82, 2.24) is 35.1 Å². The minimum absolute atomic E-state index is 0.0741. The first-order valence-electron chi connectivity index (χ1n) is 14.8. The Hall–Kier alpha value is -5.03. The van der Waals surface area contributed by atoms with Gasteiger partial charge < -0.3 is 26.6 Å². The minimum atomic E-state index is -0.0769. The van der Waals surface area contributed by atoms with E-state index in [9.17, 15) is 4.79 Å². The molecule has 1 saturated carbocycles. The molecule has 1 saturated heterocycles. The zero-order chi connectivity index (χ0) is 29.1. The highest BCUT2D eigenvalue weighted by molar-refractivity contribution is 5.97. The van der Waals surface area contributed by atoms with Crippen molar-refractivity contribution >= 4 is 28.5 Å². The van der Waals surface area contributed by atoms with Crippen LogP contribution in [0, 0.1) is 12.8 Å². The summed E-state index contributed by atoms with van der Waals surface area (Å²) in [7, 11) is 1.96. The molecule has 11 heteroatoms. The number of aromatic nitrogens is 5. The third-order valence-corrected chi connectivity index (χ3v) is 8.69. The summed E-state index contributed by atoms with van der Waals surface area (Å²) < 4.78 is 1.97. The predicted octanol–water partition coefficient (Wildman–Crippen LogP) is 4.50. The fourth-order valence-electron chi connectivity index (χ4n) is 6.48. The molecule has 0 bridgehead atoms. The zero-order valence-electron chi connectivity index (χ0n) is 24.0. The molecular weight excluding hydrogens is 540 g/mol. The van der Waals surface area contributed by atoms with E-state index < -0.39 is 0 Å². The van der Waals surface area contributed by atoms with Crippen LogP contribution >= 0.6 is 0 Å². The van der Waals surface area contributed by atoms with Gasteiger partial charge in [-0.05, 0) is 51.1 Å². The van der Waals surface area contributed by atoms with E-state index in [2.05, 4.69) is 48.7 Å². The zero-order valence-corrected chi connectivity index (χ0v) is 24.0. The number of carbonyl (C=O) groups excluding carboxylic acids is 1. The third kappa shape index (κ3) is 4.52. The molecule has 5 N–H and O–H groups in total. The predicted molar refractivity (Wildman–Crippen MR) is 165 cm³/mol. The van der Waals surface area contributed by atoms with Crippen LogP contribution < -0.4 is 26.6 Å². The highest BCUT2D eigenvalue weighted by Gasteiger charge is 2.40. The molecule has 7 heterocycles. The van der Waals surface area contributed by atoms with Gasteiger partial charge in [-0.15, -0.1) is 0 Å². The summed E-state index contributed by atoms with van der Waals surface area (Å²) >= 11 is 0. The van der Waals surface area contributed by atoms with E-state index in [1.807, 2.05) is 49.3 Å². The summed E-state index contributed by atoms with van der Waals surface area (Å²) in [6.45, 7) is 1.97. The first kappa shape index (κ1) is 25.7. The fourth-order valence-corrected chi connectivity index (χ4v) is 6.48. The topological polar surface area (TPSA) is 144 Å². The second kappa shape index (κ2) is 10.1. The second-order valence-electron chi connectivity index (χ2n) is 11.5. The van der Waals surface area contributed by atoms with Gasteiger partial charge in [0.05, 0.1) is 46.9 Å². The van der Waals surface area contributed by atoms with Crippen molar-refractivity contribution in [2.24, 2.45) is 5.92 Å². The van der Waals surface area contributed by atoms with Crippen LogP contribution in [0.2, 0.25) is 0 Å². The van der Waals surface area contributed by atoms with Gasteiger partial charge in [0, 0.05) is 58.2 Å². The van der Waals surface area contributed by atoms with E-state index >= 15 is 0 Å². The maximum absolute atomic E-state index is 12.8. The molecule has 216 valence electrons. The van der Waals surface area contributed by atoms with E-state index in [-0.39, 0.29) is 24.0 Å². The number of hydrogen-bond acceptors (Lipinski definition) is 9. The van der Waals surface area contributed by atoms with Gasteiger partial charge in [0.1, 0.15) is 18.3 Å². The Kier molecular flexibility index (Phi) is 6.00. The summed E-state index contributed by atoms with van der Waals surface area (Å²) in [5.74, 6) is 1.00. The van der Waals surface area contributed by atoms with Gasteiger partial charge in [0.15, 0.2) is 0 Å². The Morgan fingerprint density at radius 2 is 1.93 bits per heavy atom. The van der Waals surface area contributed by atoms with Crippen LogP contribution in [0.25, 0.3) is 22.6 Å². The number of nitrogens with zero attached hydrogens (tertiary/aromatic N) is 5. The van der Waals surface area contributed by atoms with Crippen LogP contribution in [0.3, 0.4) is 0 Å². The summed E-state index contributed by atoms with van der Waals surface area (Å²) in [6.07, 6.45) is 17.4. The second-order valence-corrected chi connectivity index (χ2v) is 11.5. The van der Waals surface area contributed by atoms with Gasteiger partial charge in [-0.25, -0.2) is 9.97 Å². The largest absolute Gasteiger partial charge is 0.360 e. The lowest BCUT2D eigenvalue weighted by atomic mass is 9.91. The molecule has 43 heavy (non-hydrogen) atoms. The number of aryl methyl sites for hydroxylation is 1. The van der Waals surface area contributed by atoms with Crippen LogP contribution in [0.1, 0.15) is 48.5 Å². The first-order chi connectivity index (χ1) is 21.1. The van der Waals surface area contributed by atoms with Crippen molar-refractivity contribution in [3.63, 3.8) is 0 Å². The van der Waals surface area contributed by atoms with Crippen LogP contribution in [-0.4, -0.2) is 43.6 Å². The normalized spacial score (nSPS) is 20.2. The number of carbonyl (C=O) groups is 1. The molecular formula is C32H32N10O. The summed E-state index contributed by atoms with van der Waals surface area (Å²) in [6, 6.07) is 5.99. The molecule has 4 aliphatic rings. The SMILES string of the molecule is CNC1C=C(C2=C3NC3Nc3cnc(-c4cncc(NC(=O)C5CCCC5)c4)cc32)Nc2ccnc(-n3cnc(C)c3)c21. The maximum atomic E-state index is 12.8. The quantitative estimate of drug-likeness (QED) is 0.211. The molecule has 11 nitrogen and oxygen atoms in total. The lowest BCUT2D eigenvalue weighted by Crippen LogP contribution is -2.25. The van der Waals surface area contributed by atoms with E-state index in [0.29, 0.717) is 5.69 Å². The van der Waals surface area contributed by atoms with Crippen LogP contribution in [-0.2, 0) is 4.79 Å². The number of allylic oxidation sites excluding steroid dienone is 1. The molecule has 2 atom stereocenters. The number of amides is 1. The molecule has 0 radical (unpaired) electrons. The monoisotopic (exact) mass is 572 g/mol. The Morgan fingerprint density at radius 1 is 1.05 bits per heavy atom. The van der Waals surface area contributed by atoms with E-state index in [1.54, 1.807) is 18.7 Å². The van der Waals surface area contributed by atoms with Gasteiger partial charge in [-0.2, -0.15) is 0 Å². The van der Waals surface area contributed by atoms with Crippen LogP contribution in [0.4, 0.5) is 17.1 Å². The number of imidazole rings is 1. The first-order valence-corrected chi connectivity index (χ1v) is 14.8. The fraction of sp³-hybridized carbons (Fsp3) is 0.281. The van der Waals surface area contributed by atoms with Crippen molar-refractivity contribution in [1.29, 1.82) is 0 Å². The van der Waals surface area contributed by atoms with Crippen molar-refractivity contribution in [2.75, 3.05) is 23.0 Å².